The van der Waals surface area contributed by atoms with Crippen molar-refractivity contribution in [2.45, 2.75) is 13.5 Å². The summed E-state index contributed by atoms with van der Waals surface area (Å²) in [6, 6.07) is 7.32. The van der Waals surface area contributed by atoms with Crippen LogP contribution in [-0.2, 0) is 6.54 Å². The largest absolute Gasteiger partial charge is 0.493 e. The molecule has 29 heavy (non-hydrogen) atoms. The average Bonchev–Trinajstić information content (AvgIpc) is 3.24. The number of ether oxygens (including phenoxy) is 3. The highest BCUT2D eigenvalue weighted by Gasteiger charge is 2.25. The van der Waals surface area contributed by atoms with E-state index in [9.17, 15) is 9.59 Å². The van der Waals surface area contributed by atoms with Crippen molar-refractivity contribution in [3.8, 4) is 17.2 Å². The van der Waals surface area contributed by atoms with Gasteiger partial charge in [-0.2, -0.15) is 0 Å². The number of hydrogen-bond donors (Lipinski definition) is 0. The molecule has 1 aromatic carbocycles. The highest BCUT2D eigenvalue weighted by atomic mass is 32.1. The summed E-state index contributed by atoms with van der Waals surface area (Å²) in [7, 11) is 4.81. The van der Waals surface area contributed by atoms with Gasteiger partial charge in [0.25, 0.3) is 5.91 Å². The van der Waals surface area contributed by atoms with Crippen molar-refractivity contribution in [1.82, 2.24) is 9.80 Å². The van der Waals surface area contributed by atoms with Crippen LogP contribution in [0.5, 0.6) is 17.2 Å². The maximum Gasteiger partial charge on any atom is 0.264 e. The van der Waals surface area contributed by atoms with E-state index in [2.05, 4.69) is 4.90 Å². The molecule has 2 aromatic rings. The van der Waals surface area contributed by atoms with Crippen LogP contribution >= 0.6 is 11.3 Å². The van der Waals surface area contributed by atoms with Crippen LogP contribution in [-0.4, -0.2) is 69.0 Å². The molecule has 0 unspecified atom stereocenters. The van der Waals surface area contributed by atoms with Gasteiger partial charge in [-0.3, -0.25) is 14.5 Å². The number of piperazine rings is 1. The van der Waals surface area contributed by atoms with E-state index < -0.39 is 0 Å². The van der Waals surface area contributed by atoms with Crippen LogP contribution in [0.2, 0.25) is 0 Å². The summed E-state index contributed by atoms with van der Waals surface area (Å²) in [6.07, 6.45) is 0. The minimum atomic E-state index is -0.0114. The Labute approximate surface area is 174 Å². The Morgan fingerprint density at radius 2 is 1.55 bits per heavy atom. The minimum Gasteiger partial charge on any atom is -0.493 e. The van der Waals surface area contributed by atoms with Gasteiger partial charge in [0.1, 0.15) is 0 Å². The quantitative estimate of drug-likeness (QED) is 0.644. The normalized spacial score (nSPS) is 14.6. The number of carbonyl (C=O) groups excluding carboxylic acids is 2. The number of nitrogens with zero attached hydrogens (tertiary/aromatic N) is 2. The first kappa shape index (κ1) is 21.1. The molecule has 0 bridgehead atoms. The molecule has 0 atom stereocenters. The van der Waals surface area contributed by atoms with Gasteiger partial charge < -0.3 is 19.1 Å². The van der Waals surface area contributed by atoms with E-state index in [4.69, 9.17) is 14.2 Å². The Balaban J connectivity index is 1.64. The van der Waals surface area contributed by atoms with Gasteiger partial charge in [-0.15, -0.1) is 11.3 Å². The number of amides is 1. The van der Waals surface area contributed by atoms with Crippen molar-refractivity contribution >= 4 is 23.0 Å². The third-order valence-corrected chi connectivity index (χ3v) is 6.18. The Morgan fingerprint density at radius 3 is 2.10 bits per heavy atom. The summed E-state index contributed by atoms with van der Waals surface area (Å²) in [6.45, 7) is 5.01. The zero-order valence-electron chi connectivity index (χ0n) is 17.2. The van der Waals surface area contributed by atoms with Gasteiger partial charge in [-0.05, 0) is 25.1 Å². The van der Waals surface area contributed by atoms with Crippen LogP contribution < -0.4 is 14.2 Å². The summed E-state index contributed by atoms with van der Waals surface area (Å²) in [5, 5.41) is 0. The predicted molar refractivity (Wildman–Crippen MR) is 112 cm³/mol. The molecule has 0 aliphatic carbocycles. The number of benzene rings is 1. The van der Waals surface area contributed by atoms with E-state index in [1.54, 1.807) is 33.5 Å². The first-order valence-corrected chi connectivity index (χ1v) is 10.2. The highest BCUT2D eigenvalue weighted by molar-refractivity contribution is 7.15. The number of carbonyl (C=O) groups is 2. The molecule has 0 N–H and O–H groups in total. The smallest absolute Gasteiger partial charge is 0.264 e. The summed E-state index contributed by atoms with van der Waals surface area (Å²) >= 11 is 1.26. The lowest BCUT2D eigenvalue weighted by atomic mass is 10.1. The second kappa shape index (κ2) is 9.28. The zero-order valence-corrected chi connectivity index (χ0v) is 18.0. The average molecular weight is 419 g/mol. The number of hydrogen-bond acceptors (Lipinski definition) is 7. The van der Waals surface area contributed by atoms with Crippen molar-refractivity contribution < 1.29 is 23.8 Å². The van der Waals surface area contributed by atoms with Gasteiger partial charge in [0, 0.05) is 38.3 Å². The number of rotatable bonds is 7. The van der Waals surface area contributed by atoms with E-state index >= 15 is 0 Å². The molecule has 1 aromatic heterocycles. The molecule has 8 heteroatoms. The highest BCUT2D eigenvalue weighted by Crippen LogP contribution is 2.40. The number of thiophene rings is 1. The molecule has 7 nitrogen and oxygen atoms in total. The molecule has 1 amide bonds. The first-order valence-electron chi connectivity index (χ1n) is 9.38. The molecule has 1 saturated heterocycles. The molecule has 3 rings (SSSR count). The molecule has 156 valence electrons. The van der Waals surface area contributed by atoms with Crippen LogP contribution in [0, 0.1) is 0 Å². The fourth-order valence-electron chi connectivity index (χ4n) is 3.44. The number of methoxy groups -OCH3 is 3. The van der Waals surface area contributed by atoms with Crippen LogP contribution in [0.1, 0.15) is 31.8 Å². The third-order valence-electron chi connectivity index (χ3n) is 5.00. The van der Waals surface area contributed by atoms with Crippen molar-refractivity contribution in [2.24, 2.45) is 0 Å². The molecule has 0 saturated carbocycles. The van der Waals surface area contributed by atoms with E-state index in [1.165, 1.54) is 18.3 Å². The van der Waals surface area contributed by atoms with Gasteiger partial charge in [-0.25, -0.2) is 0 Å². The van der Waals surface area contributed by atoms with Gasteiger partial charge >= 0.3 is 0 Å². The van der Waals surface area contributed by atoms with E-state index in [1.807, 2.05) is 17.0 Å². The van der Waals surface area contributed by atoms with Crippen LogP contribution in [0.3, 0.4) is 0 Å². The van der Waals surface area contributed by atoms with Gasteiger partial charge in [0.15, 0.2) is 17.3 Å². The maximum atomic E-state index is 12.7. The summed E-state index contributed by atoms with van der Waals surface area (Å²) < 4.78 is 16.4. The van der Waals surface area contributed by atoms with Crippen LogP contribution in [0.25, 0.3) is 0 Å². The van der Waals surface area contributed by atoms with Crippen molar-refractivity contribution in [3.05, 3.63) is 39.6 Å². The standard InChI is InChI=1S/C21H26N2O5S/c1-14(24)17-7-8-18(29-17)21(25)23-11-9-22(10-12-23)13-15-5-6-16(26-2)20(28-4)19(15)27-3/h5-8H,9-13H2,1-4H3. The molecule has 1 aliphatic heterocycles. The fraction of sp³-hybridized carbons (Fsp3) is 0.429. The van der Waals surface area contributed by atoms with E-state index in [0.29, 0.717) is 46.6 Å². The number of ketones is 1. The van der Waals surface area contributed by atoms with Crippen molar-refractivity contribution in [2.75, 3.05) is 47.5 Å². The lowest BCUT2D eigenvalue weighted by Crippen LogP contribution is -2.48. The molecule has 0 radical (unpaired) electrons. The summed E-state index contributed by atoms with van der Waals surface area (Å²) in [5.41, 5.74) is 1.01. The lowest BCUT2D eigenvalue weighted by Gasteiger charge is -2.34. The Hall–Kier alpha value is -2.58. The van der Waals surface area contributed by atoms with Gasteiger partial charge in [0.05, 0.1) is 31.1 Å². The summed E-state index contributed by atoms with van der Waals surface area (Å²) in [5.74, 6) is 1.86. The minimum absolute atomic E-state index is 0.00847. The van der Waals surface area contributed by atoms with Gasteiger partial charge in [0.2, 0.25) is 5.75 Å². The zero-order chi connectivity index (χ0) is 21.0. The molecule has 0 spiro atoms. The Bertz CT molecular complexity index is 887. The van der Waals surface area contributed by atoms with Crippen molar-refractivity contribution in [1.29, 1.82) is 0 Å². The van der Waals surface area contributed by atoms with E-state index in [-0.39, 0.29) is 11.7 Å². The predicted octanol–water partition coefficient (Wildman–Crippen LogP) is 2.93. The summed E-state index contributed by atoms with van der Waals surface area (Å²) in [4.78, 5) is 29.5. The van der Waals surface area contributed by atoms with Crippen molar-refractivity contribution in [3.63, 3.8) is 0 Å². The second-order valence-electron chi connectivity index (χ2n) is 6.78. The van der Waals surface area contributed by atoms with E-state index in [0.717, 1.165) is 18.7 Å². The third kappa shape index (κ3) is 4.54. The second-order valence-corrected chi connectivity index (χ2v) is 7.87. The lowest BCUT2D eigenvalue weighted by molar-refractivity contribution is 0.0632. The van der Waals surface area contributed by atoms with Crippen LogP contribution in [0.4, 0.5) is 0 Å². The molecule has 1 aliphatic rings. The first-order chi connectivity index (χ1) is 14.0. The fourth-order valence-corrected chi connectivity index (χ4v) is 4.30. The maximum absolute atomic E-state index is 12.7. The monoisotopic (exact) mass is 418 g/mol. The Morgan fingerprint density at radius 1 is 0.897 bits per heavy atom. The molecule has 1 fully saturated rings. The molecular weight excluding hydrogens is 392 g/mol. The number of Topliss-reactive ketones (excluding diaryl/α,β-unsaturated/α-hetero) is 1. The van der Waals surface area contributed by atoms with Crippen LogP contribution in [0.15, 0.2) is 24.3 Å². The molecule has 2 heterocycles. The molecular formula is C21H26N2O5S. The Kier molecular flexibility index (Phi) is 6.76. The van der Waals surface area contributed by atoms with Gasteiger partial charge in [-0.1, -0.05) is 6.07 Å². The topological polar surface area (TPSA) is 68.3 Å². The SMILES string of the molecule is COc1ccc(CN2CCN(C(=O)c3ccc(C(C)=O)s3)CC2)c(OC)c1OC.